The number of carbonyl (C=O) groups excluding carboxylic acids is 2. The fourth-order valence-corrected chi connectivity index (χ4v) is 3.10. The number of benzene rings is 3. The van der Waals surface area contributed by atoms with Crippen LogP contribution in [0.4, 0.5) is 4.39 Å². The summed E-state index contributed by atoms with van der Waals surface area (Å²) in [6, 6.07) is 21.6. The minimum Gasteiger partial charge on any atom is -0.372 e. The van der Waals surface area contributed by atoms with Crippen LogP contribution in [0.5, 0.6) is 0 Å². The molecule has 3 rings (SSSR count). The molecule has 0 aromatic heterocycles. The van der Waals surface area contributed by atoms with Gasteiger partial charge in [0.2, 0.25) is 0 Å². The summed E-state index contributed by atoms with van der Waals surface area (Å²) in [6.07, 6.45) is 0. The van der Waals surface area contributed by atoms with Crippen molar-refractivity contribution in [2.75, 3.05) is 13.1 Å². The van der Waals surface area contributed by atoms with Crippen molar-refractivity contribution >= 4 is 11.8 Å². The number of halogens is 1. The Morgan fingerprint density at radius 3 is 1.93 bits per heavy atom. The molecule has 0 atom stereocenters. The third-order valence-corrected chi connectivity index (χ3v) is 4.84. The van der Waals surface area contributed by atoms with Crippen LogP contribution >= 0.6 is 0 Å². The van der Waals surface area contributed by atoms with Crippen LogP contribution in [0, 0.1) is 12.7 Å². The average molecular weight is 406 g/mol. The van der Waals surface area contributed by atoms with Crippen molar-refractivity contribution in [3.63, 3.8) is 0 Å². The number of hydrogen-bond donors (Lipinski definition) is 3. The van der Waals surface area contributed by atoms with Crippen LogP contribution < -0.4 is 10.6 Å². The van der Waals surface area contributed by atoms with E-state index in [1.165, 1.54) is 18.2 Å². The van der Waals surface area contributed by atoms with E-state index in [0.717, 1.165) is 0 Å². The second-order valence-corrected chi connectivity index (χ2v) is 6.92. The van der Waals surface area contributed by atoms with Gasteiger partial charge >= 0.3 is 0 Å². The van der Waals surface area contributed by atoms with Crippen molar-refractivity contribution in [2.45, 2.75) is 12.5 Å². The number of nitrogens with one attached hydrogen (secondary N) is 2. The molecule has 0 aliphatic carbocycles. The highest BCUT2D eigenvalue weighted by Crippen LogP contribution is 2.29. The van der Waals surface area contributed by atoms with E-state index >= 15 is 0 Å². The van der Waals surface area contributed by atoms with Gasteiger partial charge in [-0.25, -0.2) is 4.39 Å². The van der Waals surface area contributed by atoms with E-state index in [9.17, 15) is 19.1 Å². The normalized spacial score (nSPS) is 11.0. The monoisotopic (exact) mass is 406 g/mol. The molecule has 0 unspecified atom stereocenters. The number of carbonyl (C=O) groups is 2. The standard InChI is InChI=1S/C24H23FN2O3/c1-17-12-13-18(16-21(17)25)22(28)26-14-15-27-23(29)24(30,19-8-4-2-5-9-19)20-10-6-3-7-11-20/h2-13,16,30H,14-15H2,1H3,(H,26,28)(H,27,29). The molecule has 0 saturated heterocycles. The first kappa shape index (κ1) is 21.2. The largest absolute Gasteiger partial charge is 0.372 e. The van der Waals surface area contributed by atoms with Crippen LogP contribution in [0.3, 0.4) is 0 Å². The highest BCUT2D eigenvalue weighted by Gasteiger charge is 2.39. The van der Waals surface area contributed by atoms with Gasteiger partial charge in [0.25, 0.3) is 11.8 Å². The highest BCUT2D eigenvalue weighted by atomic mass is 19.1. The van der Waals surface area contributed by atoms with Crippen LogP contribution in [0.2, 0.25) is 0 Å². The third-order valence-electron chi connectivity index (χ3n) is 4.84. The van der Waals surface area contributed by atoms with Crippen molar-refractivity contribution in [2.24, 2.45) is 0 Å². The number of aliphatic hydroxyl groups is 1. The number of aryl methyl sites for hydroxylation is 1. The molecule has 3 N–H and O–H groups in total. The van der Waals surface area contributed by atoms with Gasteiger partial charge in [0.15, 0.2) is 5.60 Å². The molecule has 3 aromatic carbocycles. The van der Waals surface area contributed by atoms with Crippen LogP contribution in [0.1, 0.15) is 27.0 Å². The molecule has 0 aliphatic heterocycles. The Labute approximate surface area is 174 Å². The molecule has 154 valence electrons. The first-order valence-electron chi connectivity index (χ1n) is 9.59. The van der Waals surface area contributed by atoms with Gasteiger partial charge in [-0.2, -0.15) is 0 Å². The topological polar surface area (TPSA) is 78.4 Å². The molecule has 0 bridgehead atoms. The zero-order valence-electron chi connectivity index (χ0n) is 16.6. The molecule has 0 heterocycles. The molecular formula is C24H23FN2O3. The van der Waals surface area contributed by atoms with Gasteiger partial charge in [0.1, 0.15) is 5.82 Å². The molecule has 6 heteroatoms. The summed E-state index contributed by atoms with van der Waals surface area (Å²) in [4.78, 5) is 25.1. The predicted molar refractivity (Wildman–Crippen MR) is 112 cm³/mol. The SMILES string of the molecule is Cc1ccc(C(=O)NCCNC(=O)C(O)(c2ccccc2)c2ccccc2)cc1F. The van der Waals surface area contributed by atoms with E-state index in [-0.39, 0.29) is 18.7 Å². The lowest BCUT2D eigenvalue weighted by atomic mass is 9.85. The van der Waals surface area contributed by atoms with Gasteiger partial charge < -0.3 is 15.7 Å². The zero-order valence-corrected chi connectivity index (χ0v) is 16.6. The van der Waals surface area contributed by atoms with E-state index < -0.39 is 23.2 Å². The fraction of sp³-hybridized carbons (Fsp3) is 0.167. The molecule has 0 saturated carbocycles. The lowest BCUT2D eigenvalue weighted by molar-refractivity contribution is -0.136. The van der Waals surface area contributed by atoms with E-state index in [4.69, 9.17) is 0 Å². The summed E-state index contributed by atoms with van der Waals surface area (Å²) >= 11 is 0. The summed E-state index contributed by atoms with van der Waals surface area (Å²) in [5.74, 6) is -1.49. The molecule has 5 nitrogen and oxygen atoms in total. The smallest absolute Gasteiger partial charge is 0.261 e. The minimum absolute atomic E-state index is 0.0981. The molecule has 0 spiro atoms. The predicted octanol–water partition coefficient (Wildman–Crippen LogP) is 2.92. The van der Waals surface area contributed by atoms with E-state index in [2.05, 4.69) is 10.6 Å². The number of hydrogen-bond acceptors (Lipinski definition) is 3. The zero-order chi connectivity index (χ0) is 21.6. The Balaban J connectivity index is 1.65. The summed E-state index contributed by atoms with van der Waals surface area (Å²) in [7, 11) is 0. The summed E-state index contributed by atoms with van der Waals surface area (Å²) in [6.45, 7) is 1.84. The minimum atomic E-state index is -1.87. The molecular weight excluding hydrogens is 383 g/mol. The van der Waals surface area contributed by atoms with Gasteiger partial charge in [-0.3, -0.25) is 9.59 Å². The molecule has 3 aromatic rings. The van der Waals surface area contributed by atoms with E-state index in [1.54, 1.807) is 67.6 Å². The average Bonchev–Trinajstić information content (AvgIpc) is 2.78. The maximum atomic E-state index is 13.6. The van der Waals surface area contributed by atoms with Crippen LogP contribution in [0.15, 0.2) is 78.9 Å². The van der Waals surface area contributed by atoms with Crippen LogP contribution in [-0.2, 0) is 10.4 Å². The van der Waals surface area contributed by atoms with E-state index in [1.807, 2.05) is 0 Å². The summed E-state index contributed by atoms with van der Waals surface area (Å²) in [5.41, 5.74) is -0.331. The first-order valence-corrected chi connectivity index (χ1v) is 9.59. The van der Waals surface area contributed by atoms with Gasteiger partial charge in [-0.1, -0.05) is 66.7 Å². The van der Waals surface area contributed by atoms with Crippen molar-refractivity contribution in [1.29, 1.82) is 0 Å². The Bertz CT molecular complexity index is 984. The van der Waals surface area contributed by atoms with Crippen LogP contribution in [-0.4, -0.2) is 30.0 Å². The fourth-order valence-electron chi connectivity index (χ4n) is 3.10. The van der Waals surface area contributed by atoms with Crippen molar-refractivity contribution in [1.82, 2.24) is 10.6 Å². The number of rotatable bonds is 7. The quantitative estimate of drug-likeness (QED) is 0.528. The maximum absolute atomic E-state index is 13.6. The lowest BCUT2D eigenvalue weighted by Gasteiger charge is -2.28. The lowest BCUT2D eigenvalue weighted by Crippen LogP contribution is -2.47. The van der Waals surface area contributed by atoms with Gasteiger partial charge in [-0.15, -0.1) is 0 Å². The Morgan fingerprint density at radius 1 is 0.867 bits per heavy atom. The van der Waals surface area contributed by atoms with Crippen LogP contribution in [0.25, 0.3) is 0 Å². The highest BCUT2D eigenvalue weighted by molar-refractivity contribution is 5.94. The Hall–Kier alpha value is -3.51. The van der Waals surface area contributed by atoms with E-state index in [0.29, 0.717) is 16.7 Å². The molecule has 0 radical (unpaired) electrons. The first-order chi connectivity index (χ1) is 14.4. The second kappa shape index (κ2) is 9.33. The van der Waals surface area contributed by atoms with Gasteiger partial charge in [-0.05, 0) is 35.7 Å². The van der Waals surface area contributed by atoms with Crippen molar-refractivity contribution < 1.29 is 19.1 Å². The Morgan fingerprint density at radius 2 is 1.40 bits per heavy atom. The molecule has 2 amide bonds. The molecule has 30 heavy (non-hydrogen) atoms. The van der Waals surface area contributed by atoms with Gasteiger partial charge in [0.05, 0.1) is 0 Å². The van der Waals surface area contributed by atoms with Crippen molar-refractivity contribution in [3.05, 3.63) is 107 Å². The molecule has 0 fully saturated rings. The van der Waals surface area contributed by atoms with Gasteiger partial charge in [0, 0.05) is 18.7 Å². The number of amides is 2. The Kier molecular flexibility index (Phi) is 6.59. The van der Waals surface area contributed by atoms with Crippen molar-refractivity contribution in [3.8, 4) is 0 Å². The molecule has 0 aliphatic rings. The summed E-state index contributed by atoms with van der Waals surface area (Å²) in [5, 5.41) is 16.6. The second-order valence-electron chi connectivity index (χ2n) is 6.92. The summed E-state index contributed by atoms with van der Waals surface area (Å²) < 4.78 is 13.6. The maximum Gasteiger partial charge on any atom is 0.261 e. The third kappa shape index (κ3) is 4.55.